The first-order chi connectivity index (χ1) is 16.4. The Bertz CT molecular complexity index is 1310. The lowest BCUT2D eigenvalue weighted by Gasteiger charge is -2.09. The molecule has 0 saturated carbocycles. The quantitative estimate of drug-likeness (QED) is 0.266. The lowest BCUT2D eigenvalue weighted by atomic mass is 10.1. The van der Waals surface area contributed by atoms with Crippen molar-refractivity contribution in [3.8, 4) is 17.2 Å². The molecule has 1 aliphatic heterocycles. The van der Waals surface area contributed by atoms with Crippen LogP contribution < -0.4 is 20.2 Å². The van der Waals surface area contributed by atoms with Crippen LogP contribution in [0.15, 0.2) is 71.5 Å². The van der Waals surface area contributed by atoms with Crippen molar-refractivity contribution in [1.82, 2.24) is 10.7 Å². The highest BCUT2D eigenvalue weighted by atomic mass is 35.5. The Hall–Kier alpha value is -4.01. The number of amides is 2. The Kier molecular flexibility index (Phi) is 7.01. The number of halogens is 2. The largest absolute Gasteiger partial charge is 0.506 e. The zero-order chi connectivity index (χ0) is 24.1. The summed E-state index contributed by atoms with van der Waals surface area (Å²) in [5, 5.41) is 16.8. The number of nitrogens with zero attached hydrogens (tertiary/aromatic N) is 1. The number of fused-ring (bicyclic) bond motifs is 1. The molecule has 0 saturated heterocycles. The average molecular weight is 498 g/mol. The van der Waals surface area contributed by atoms with Crippen LogP contribution in [0.3, 0.4) is 0 Å². The van der Waals surface area contributed by atoms with E-state index in [-0.39, 0.29) is 33.8 Å². The van der Waals surface area contributed by atoms with Crippen LogP contribution in [0, 0.1) is 0 Å². The van der Waals surface area contributed by atoms with Gasteiger partial charge in [-0.2, -0.15) is 5.10 Å². The Labute approximate surface area is 204 Å². The van der Waals surface area contributed by atoms with Gasteiger partial charge in [0.2, 0.25) is 6.79 Å². The first-order valence-electron chi connectivity index (χ1n) is 9.90. The topological polar surface area (TPSA) is 109 Å². The van der Waals surface area contributed by atoms with E-state index >= 15 is 0 Å². The molecule has 2 amide bonds. The van der Waals surface area contributed by atoms with Gasteiger partial charge in [-0.1, -0.05) is 47.5 Å². The molecule has 0 fully saturated rings. The van der Waals surface area contributed by atoms with E-state index in [4.69, 9.17) is 32.7 Å². The Morgan fingerprint density at radius 1 is 1.00 bits per heavy atom. The van der Waals surface area contributed by atoms with Gasteiger partial charge in [0.05, 0.1) is 11.2 Å². The predicted molar refractivity (Wildman–Crippen MR) is 128 cm³/mol. The van der Waals surface area contributed by atoms with Crippen molar-refractivity contribution >= 4 is 47.3 Å². The number of hydrogen-bond acceptors (Lipinski definition) is 6. The summed E-state index contributed by atoms with van der Waals surface area (Å²) in [7, 11) is 0. The summed E-state index contributed by atoms with van der Waals surface area (Å²) < 4.78 is 10.7. The normalized spacial score (nSPS) is 12.6. The molecular formula is C24H17Cl2N3O5. The lowest BCUT2D eigenvalue weighted by molar-refractivity contribution is -0.117. The minimum atomic E-state index is -0.703. The number of nitrogens with one attached hydrogen (secondary N) is 2. The first kappa shape index (κ1) is 23.2. The number of carbonyl (C=O) groups excluding carboxylic acids is 2. The van der Waals surface area contributed by atoms with E-state index in [9.17, 15) is 14.7 Å². The van der Waals surface area contributed by atoms with Crippen LogP contribution in [0.2, 0.25) is 10.0 Å². The zero-order valence-corrected chi connectivity index (χ0v) is 18.9. The van der Waals surface area contributed by atoms with Crippen LogP contribution in [0.1, 0.15) is 21.5 Å². The molecule has 172 valence electrons. The van der Waals surface area contributed by atoms with Crippen molar-refractivity contribution in [3.05, 3.63) is 93.1 Å². The molecule has 3 aromatic carbocycles. The SMILES string of the molecule is O=C(N/N=C/c1cc(Cl)cc(Cl)c1O)/C(=C\c1ccc2c(c1)OCO2)NC(=O)c1ccccc1. The first-order valence-corrected chi connectivity index (χ1v) is 10.7. The van der Waals surface area contributed by atoms with Crippen LogP contribution in [0.5, 0.6) is 17.2 Å². The van der Waals surface area contributed by atoms with Crippen LogP contribution in [0.4, 0.5) is 0 Å². The van der Waals surface area contributed by atoms with Gasteiger partial charge >= 0.3 is 0 Å². The molecule has 34 heavy (non-hydrogen) atoms. The summed E-state index contributed by atoms with van der Waals surface area (Å²) in [5.41, 5.74) is 3.41. The van der Waals surface area contributed by atoms with E-state index in [1.807, 2.05) is 0 Å². The van der Waals surface area contributed by atoms with Crippen molar-refractivity contribution in [2.24, 2.45) is 5.10 Å². The third kappa shape index (κ3) is 5.48. The van der Waals surface area contributed by atoms with E-state index in [0.717, 1.165) is 0 Å². The molecule has 0 aliphatic carbocycles. The highest BCUT2D eigenvalue weighted by molar-refractivity contribution is 6.36. The molecule has 0 atom stereocenters. The molecule has 8 nitrogen and oxygen atoms in total. The smallest absolute Gasteiger partial charge is 0.287 e. The van der Waals surface area contributed by atoms with Crippen molar-refractivity contribution in [3.63, 3.8) is 0 Å². The maximum Gasteiger partial charge on any atom is 0.287 e. The Morgan fingerprint density at radius 2 is 1.76 bits per heavy atom. The lowest BCUT2D eigenvalue weighted by Crippen LogP contribution is -2.32. The van der Waals surface area contributed by atoms with E-state index < -0.39 is 11.8 Å². The third-order valence-corrected chi connectivity index (χ3v) is 5.17. The number of hydrazone groups is 1. The molecule has 0 bridgehead atoms. The molecule has 4 rings (SSSR count). The van der Waals surface area contributed by atoms with Gasteiger partial charge in [0, 0.05) is 16.1 Å². The van der Waals surface area contributed by atoms with Crippen molar-refractivity contribution in [2.75, 3.05) is 6.79 Å². The predicted octanol–water partition coefficient (Wildman–Crippen LogP) is 4.35. The fourth-order valence-electron chi connectivity index (χ4n) is 3.02. The van der Waals surface area contributed by atoms with Gasteiger partial charge in [-0.25, -0.2) is 5.43 Å². The number of ether oxygens (including phenoxy) is 2. The molecule has 10 heteroatoms. The highest BCUT2D eigenvalue weighted by Crippen LogP contribution is 2.33. The second-order valence-electron chi connectivity index (χ2n) is 7.02. The summed E-state index contributed by atoms with van der Waals surface area (Å²) in [6.45, 7) is 0.107. The second-order valence-corrected chi connectivity index (χ2v) is 7.86. The third-order valence-electron chi connectivity index (χ3n) is 4.66. The molecular weight excluding hydrogens is 481 g/mol. The van der Waals surface area contributed by atoms with Gasteiger partial charge in [-0.05, 0) is 48.0 Å². The molecule has 0 radical (unpaired) electrons. The summed E-state index contributed by atoms with van der Waals surface area (Å²) >= 11 is 11.8. The number of aromatic hydroxyl groups is 1. The molecule has 0 unspecified atom stereocenters. The number of carbonyl (C=O) groups is 2. The standard InChI is InChI=1S/C24H17Cl2N3O5/c25-17-10-16(22(30)18(26)11-17)12-27-29-24(32)19(28-23(31)15-4-2-1-3-5-15)8-14-6-7-20-21(9-14)34-13-33-20/h1-12,30H,13H2,(H,28,31)(H,29,32)/b19-8+,27-12+. The maximum absolute atomic E-state index is 12.9. The zero-order valence-electron chi connectivity index (χ0n) is 17.4. The Morgan fingerprint density at radius 3 is 2.56 bits per heavy atom. The molecule has 0 aromatic heterocycles. The van der Waals surface area contributed by atoms with E-state index in [2.05, 4.69) is 15.8 Å². The average Bonchev–Trinajstić information content (AvgIpc) is 3.30. The van der Waals surface area contributed by atoms with Gasteiger partial charge in [0.25, 0.3) is 11.8 Å². The van der Waals surface area contributed by atoms with Gasteiger partial charge in [-0.15, -0.1) is 0 Å². The number of benzene rings is 3. The van der Waals surface area contributed by atoms with Gasteiger partial charge in [-0.3, -0.25) is 9.59 Å². The van der Waals surface area contributed by atoms with Crippen LogP contribution in [0.25, 0.3) is 6.08 Å². The molecule has 3 N–H and O–H groups in total. The molecule has 1 heterocycles. The molecule has 0 spiro atoms. The second kappa shape index (κ2) is 10.3. The number of phenols is 1. The van der Waals surface area contributed by atoms with Crippen molar-refractivity contribution in [2.45, 2.75) is 0 Å². The van der Waals surface area contributed by atoms with E-state index in [0.29, 0.717) is 22.6 Å². The van der Waals surface area contributed by atoms with Gasteiger partial charge < -0.3 is 19.9 Å². The maximum atomic E-state index is 12.9. The number of hydrogen-bond donors (Lipinski definition) is 3. The summed E-state index contributed by atoms with van der Waals surface area (Å²) in [4.78, 5) is 25.6. The molecule has 1 aliphatic rings. The van der Waals surface area contributed by atoms with Crippen molar-refractivity contribution < 1.29 is 24.2 Å². The van der Waals surface area contributed by atoms with Crippen LogP contribution in [-0.2, 0) is 4.79 Å². The number of rotatable bonds is 6. The van der Waals surface area contributed by atoms with Crippen molar-refractivity contribution in [1.29, 1.82) is 0 Å². The monoisotopic (exact) mass is 497 g/mol. The van der Waals surface area contributed by atoms with E-state index in [1.165, 1.54) is 24.4 Å². The number of phenolic OH excluding ortho intramolecular Hbond substituents is 1. The fraction of sp³-hybridized carbons (Fsp3) is 0.0417. The fourth-order valence-corrected chi connectivity index (χ4v) is 3.53. The summed E-state index contributed by atoms with van der Waals surface area (Å²) in [6, 6.07) is 16.3. The minimum absolute atomic E-state index is 0.0405. The van der Waals surface area contributed by atoms with Gasteiger partial charge in [0.15, 0.2) is 11.5 Å². The van der Waals surface area contributed by atoms with Crippen LogP contribution in [-0.4, -0.2) is 29.9 Å². The van der Waals surface area contributed by atoms with Crippen LogP contribution >= 0.6 is 23.2 Å². The molecule has 3 aromatic rings. The summed E-state index contributed by atoms with van der Waals surface area (Å²) in [6.07, 6.45) is 2.66. The summed E-state index contributed by atoms with van der Waals surface area (Å²) in [5.74, 6) is -0.315. The Balaban J connectivity index is 1.58. The minimum Gasteiger partial charge on any atom is -0.506 e. The highest BCUT2D eigenvalue weighted by Gasteiger charge is 2.17. The van der Waals surface area contributed by atoms with E-state index in [1.54, 1.807) is 48.5 Å². The van der Waals surface area contributed by atoms with Gasteiger partial charge in [0.1, 0.15) is 11.4 Å².